The molecule has 1 aliphatic carbocycles. The number of amides is 1. The minimum atomic E-state index is -0.00844. The monoisotopic (exact) mass is 165 g/mol. The molecule has 0 aliphatic heterocycles. The van der Waals surface area contributed by atoms with Crippen LogP contribution in [0, 0.1) is 5.92 Å². The third kappa shape index (κ3) is 2.53. The fraction of sp³-hybridized carbons (Fsp3) is 0.500. The Hall–Kier alpha value is -1.05. The second-order valence-corrected chi connectivity index (χ2v) is 3.19. The van der Waals surface area contributed by atoms with Gasteiger partial charge in [0, 0.05) is 13.1 Å². The second kappa shape index (κ2) is 4.10. The van der Waals surface area contributed by atoms with Gasteiger partial charge in [-0.15, -0.1) is 0 Å². The van der Waals surface area contributed by atoms with Crippen molar-refractivity contribution >= 4 is 5.91 Å². The lowest BCUT2D eigenvalue weighted by atomic mass is 10.0. The topological polar surface area (TPSA) is 29.1 Å². The molecule has 0 aromatic rings. The molecule has 0 bridgehead atoms. The largest absolute Gasteiger partial charge is 0.333 e. The normalized spacial score (nSPS) is 22.8. The van der Waals surface area contributed by atoms with Crippen LogP contribution in [0.15, 0.2) is 23.9 Å². The van der Waals surface area contributed by atoms with E-state index in [1.165, 1.54) is 25.3 Å². The Kier molecular flexibility index (Phi) is 3.09. The van der Waals surface area contributed by atoms with Crippen molar-refractivity contribution in [1.29, 1.82) is 0 Å². The zero-order chi connectivity index (χ0) is 8.97. The first-order valence-electron chi connectivity index (χ1n) is 4.30. The van der Waals surface area contributed by atoms with Crippen LogP contribution in [0.25, 0.3) is 0 Å². The van der Waals surface area contributed by atoms with Gasteiger partial charge < -0.3 is 5.32 Å². The first kappa shape index (κ1) is 9.04. The molecule has 1 atom stereocenters. The summed E-state index contributed by atoms with van der Waals surface area (Å²) in [6.45, 7) is 3.65. The molecule has 0 spiro atoms. The van der Waals surface area contributed by atoms with Crippen LogP contribution in [0.4, 0.5) is 0 Å². The van der Waals surface area contributed by atoms with Crippen molar-refractivity contribution < 1.29 is 4.79 Å². The van der Waals surface area contributed by atoms with Gasteiger partial charge in [-0.2, -0.15) is 0 Å². The Bertz CT molecular complexity index is 228. The maximum absolute atomic E-state index is 10.5. The number of carbonyl (C=O) groups is 1. The average Bonchev–Trinajstić information content (AvgIpc) is 2.36. The number of hydrogen-bond acceptors (Lipinski definition) is 1. The van der Waals surface area contributed by atoms with E-state index in [0.717, 1.165) is 0 Å². The maximum atomic E-state index is 10.5. The van der Waals surface area contributed by atoms with Gasteiger partial charge in [-0.05, 0) is 25.7 Å². The molecule has 12 heavy (non-hydrogen) atoms. The zero-order valence-electron chi connectivity index (χ0n) is 7.63. The summed E-state index contributed by atoms with van der Waals surface area (Å²) in [5, 5.41) is 2.65. The standard InChI is InChI=1S/C10H15NO/c1-8-4-3-5-10(8)6-7-11-9(2)12/h4,6-7,10H,3,5H2,1-2H3,(H,11,12). The predicted octanol–water partition coefficient (Wildman–Crippen LogP) is 1.99. The summed E-state index contributed by atoms with van der Waals surface area (Å²) in [6, 6.07) is 0. The van der Waals surface area contributed by atoms with Gasteiger partial charge in [0.2, 0.25) is 5.91 Å². The van der Waals surface area contributed by atoms with Crippen LogP contribution >= 0.6 is 0 Å². The Balaban J connectivity index is 2.36. The number of carbonyl (C=O) groups excluding carboxylic acids is 1. The fourth-order valence-corrected chi connectivity index (χ4v) is 1.40. The molecule has 1 amide bonds. The van der Waals surface area contributed by atoms with Crippen molar-refractivity contribution in [2.24, 2.45) is 5.92 Å². The van der Waals surface area contributed by atoms with Gasteiger partial charge in [-0.1, -0.05) is 17.7 Å². The lowest BCUT2D eigenvalue weighted by Gasteiger charge is -2.04. The van der Waals surface area contributed by atoms with Crippen LogP contribution in [0.5, 0.6) is 0 Å². The summed E-state index contributed by atoms with van der Waals surface area (Å²) >= 11 is 0. The number of nitrogens with one attached hydrogen (secondary N) is 1. The van der Waals surface area contributed by atoms with Crippen LogP contribution in [-0.4, -0.2) is 5.91 Å². The van der Waals surface area contributed by atoms with E-state index in [9.17, 15) is 4.79 Å². The summed E-state index contributed by atoms with van der Waals surface area (Å²) in [5.41, 5.74) is 1.41. The van der Waals surface area contributed by atoms with E-state index < -0.39 is 0 Å². The van der Waals surface area contributed by atoms with E-state index in [4.69, 9.17) is 0 Å². The second-order valence-electron chi connectivity index (χ2n) is 3.19. The first-order valence-corrected chi connectivity index (χ1v) is 4.30. The molecule has 0 heterocycles. The highest BCUT2D eigenvalue weighted by Crippen LogP contribution is 2.25. The predicted molar refractivity (Wildman–Crippen MR) is 49.4 cm³/mol. The quantitative estimate of drug-likeness (QED) is 0.623. The molecular weight excluding hydrogens is 150 g/mol. The Morgan fingerprint density at radius 3 is 3.00 bits per heavy atom. The molecule has 0 aromatic carbocycles. The van der Waals surface area contributed by atoms with Crippen LogP contribution in [-0.2, 0) is 4.79 Å². The summed E-state index contributed by atoms with van der Waals surface area (Å²) in [4.78, 5) is 10.5. The van der Waals surface area contributed by atoms with E-state index in [-0.39, 0.29) is 5.91 Å². The minimum Gasteiger partial charge on any atom is -0.333 e. The molecule has 2 nitrogen and oxygen atoms in total. The lowest BCUT2D eigenvalue weighted by molar-refractivity contribution is -0.118. The summed E-state index contributed by atoms with van der Waals surface area (Å²) in [5.74, 6) is 0.530. The minimum absolute atomic E-state index is 0.00844. The molecule has 2 heteroatoms. The highest BCUT2D eigenvalue weighted by Gasteiger charge is 2.11. The van der Waals surface area contributed by atoms with Gasteiger partial charge in [0.25, 0.3) is 0 Å². The number of allylic oxidation sites excluding steroid dienone is 3. The number of rotatable bonds is 2. The van der Waals surface area contributed by atoms with Gasteiger partial charge in [-0.25, -0.2) is 0 Å². The van der Waals surface area contributed by atoms with Crippen molar-refractivity contribution in [3.05, 3.63) is 23.9 Å². The smallest absolute Gasteiger partial charge is 0.220 e. The first-order chi connectivity index (χ1) is 5.70. The van der Waals surface area contributed by atoms with E-state index in [1.54, 1.807) is 6.20 Å². The Morgan fingerprint density at radius 2 is 2.50 bits per heavy atom. The van der Waals surface area contributed by atoms with Crippen molar-refractivity contribution in [2.75, 3.05) is 0 Å². The van der Waals surface area contributed by atoms with Crippen LogP contribution < -0.4 is 5.32 Å². The van der Waals surface area contributed by atoms with Crippen molar-refractivity contribution in [3.63, 3.8) is 0 Å². The molecule has 1 N–H and O–H groups in total. The third-order valence-electron chi connectivity index (χ3n) is 2.14. The van der Waals surface area contributed by atoms with Gasteiger partial charge in [0.1, 0.15) is 0 Å². The molecular formula is C10H15NO. The lowest BCUT2D eigenvalue weighted by Crippen LogP contribution is -2.12. The summed E-state index contributed by atoms with van der Waals surface area (Å²) in [7, 11) is 0. The van der Waals surface area contributed by atoms with Crippen molar-refractivity contribution in [2.45, 2.75) is 26.7 Å². The zero-order valence-corrected chi connectivity index (χ0v) is 7.63. The molecule has 1 aliphatic rings. The molecule has 1 unspecified atom stereocenters. The van der Waals surface area contributed by atoms with E-state index in [2.05, 4.69) is 24.4 Å². The maximum Gasteiger partial charge on any atom is 0.220 e. The molecule has 0 fully saturated rings. The number of hydrogen-bond donors (Lipinski definition) is 1. The molecule has 0 aromatic heterocycles. The SMILES string of the molecule is CC(=O)NC=CC1CCC=C1C. The van der Waals surface area contributed by atoms with Crippen LogP contribution in [0.1, 0.15) is 26.7 Å². The molecule has 0 saturated heterocycles. The molecule has 0 radical (unpaired) electrons. The average molecular weight is 165 g/mol. The van der Waals surface area contributed by atoms with Gasteiger partial charge in [0.05, 0.1) is 0 Å². The van der Waals surface area contributed by atoms with Gasteiger partial charge >= 0.3 is 0 Å². The van der Waals surface area contributed by atoms with E-state index in [0.29, 0.717) is 5.92 Å². The fourth-order valence-electron chi connectivity index (χ4n) is 1.40. The molecule has 0 saturated carbocycles. The highest BCUT2D eigenvalue weighted by molar-refractivity contribution is 5.73. The molecule has 66 valence electrons. The van der Waals surface area contributed by atoms with E-state index in [1.807, 2.05) is 0 Å². The van der Waals surface area contributed by atoms with Gasteiger partial charge in [-0.3, -0.25) is 4.79 Å². The molecule has 1 rings (SSSR count). The Morgan fingerprint density at radius 1 is 1.75 bits per heavy atom. The van der Waals surface area contributed by atoms with Crippen molar-refractivity contribution in [1.82, 2.24) is 5.32 Å². The van der Waals surface area contributed by atoms with Crippen LogP contribution in [0.2, 0.25) is 0 Å². The van der Waals surface area contributed by atoms with Crippen molar-refractivity contribution in [3.8, 4) is 0 Å². The van der Waals surface area contributed by atoms with Crippen LogP contribution in [0.3, 0.4) is 0 Å². The summed E-state index contributed by atoms with van der Waals surface area (Å²) < 4.78 is 0. The highest BCUT2D eigenvalue weighted by atomic mass is 16.1. The summed E-state index contributed by atoms with van der Waals surface area (Å²) in [6.07, 6.45) is 8.40. The van der Waals surface area contributed by atoms with Gasteiger partial charge in [0.15, 0.2) is 0 Å². The third-order valence-corrected chi connectivity index (χ3v) is 2.14. The Labute approximate surface area is 73.4 Å². The van der Waals surface area contributed by atoms with E-state index >= 15 is 0 Å².